The first-order chi connectivity index (χ1) is 11.8. The second-order valence-electron chi connectivity index (χ2n) is 6.51. The summed E-state index contributed by atoms with van der Waals surface area (Å²) in [4.78, 5) is 27.8. The van der Waals surface area contributed by atoms with Crippen molar-refractivity contribution >= 4 is 20.7 Å². The van der Waals surface area contributed by atoms with E-state index in [1.54, 1.807) is 0 Å². The fraction of sp³-hybridized carbons (Fsp3) is 0.529. The minimum absolute atomic E-state index is 0.0643. The van der Waals surface area contributed by atoms with Crippen molar-refractivity contribution in [1.29, 1.82) is 0 Å². The molecular formula is C17H22N2O5S. The normalized spacial score (nSPS) is 16.7. The van der Waals surface area contributed by atoms with Crippen molar-refractivity contribution in [3.8, 4) is 0 Å². The second kappa shape index (κ2) is 6.76. The van der Waals surface area contributed by atoms with E-state index < -0.39 is 21.1 Å². The Labute approximate surface area is 145 Å². The highest BCUT2D eigenvalue weighted by molar-refractivity contribution is 7.90. The summed E-state index contributed by atoms with van der Waals surface area (Å²) in [7, 11) is -3.41. The molecule has 0 aliphatic heterocycles. The molecule has 0 bridgehead atoms. The Morgan fingerprint density at radius 1 is 1.32 bits per heavy atom. The van der Waals surface area contributed by atoms with Crippen molar-refractivity contribution in [1.82, 2.24) is 9.55 Å². The van der Waals surface area contributed by atoms with E-state index in [1.165, 1.54) is 18.2 Å². The summed E-state index contributed by atoms with van der Waals surface area (Å²) >= 11 is 0. The summed E-state index contributed by atoms with van der Waals surface area (Å²) in [5.74, 6) is 0.370. The third-order valence-electron chi connectivity index (χ3n) is 4.80. The van der Waals surface area contributed by atoms with Gasteiger partial charge in [-0.1, -0.05) is 6.42 Å². The topological polar surface area (TPSA) is 98.2 Å². The van der Waals surface area contributed by atoms with Crippen LogP contribution in [0.4, 0.5) is 0 Å². The molecule has 1 aromatic heterocycles. The Hall–Kier alpha value is -1.93. The van der Waals surface area contributed by atoms with E-state index in [0.717, 1.165) is 30.1 Å². The van der Waals surface area contributed by atoms with Crippen LogP contribution >= 0.6 is 0 Å². The van der Waals surface area contributed by atoms with E-state index in [9.17, 15) is 18.0 Å². The molecule has 1 saturated carbocycles. The van der Waals surface area contributed by atoms with Crippen molar-refractivity contribution in [2.75, 3.05) is 12.9 Å². The second-order valence-corrected chi connectivity index (χ2v) is 8.53. The smallest absolute Gasteiger partial charge is 0.328 e. The molecule has 1 atom stereocenters. The van der Waals surface area contributed by atoms with Gasteiger partial charge in [-0.15, -0.1) is 0 Å². The number of H-pyrrole nitrogens is 1. The lowest BCUT2D eigenvalue weighted by atomic mass is 9.81. The summed E-state index contributed by atoms with van der Waals surface area (Å²) in [5, 5.41) is 0.288. The maximum Gasteiger partial charge on any atom is 0.328 e. The van der Waals surface area contributed by atoms with E-state index >= 15 is 0 Å². The first-order valence-electron chi connectivity index (χ1n) is 8.39. The average molecular weight is 366 g/mol. The molecule has 0 spiro atoms. The predicted molar refractivity (Wildman–Crippen MR) is 94.7 cm³/mol. The van der Waals surface area contributed by atoms with Gasteiger partial charge in [0.15, 0.2) is 9.84 Å². The maximum atomic E-state index is 12.7. The van der Waals surface area contributed by atoms with Gasteiger partial charge in [-0.3, -0.25) is 9.36 Å². The fourth-order valence-electron chi connectivity index (χ4n) is 3.17. The number of ether oxygens (including phenoxy) is 1. The molecule has 0 saturated heterocycles. The molecule has 7 nitrogen and oxygen atoms in total. The van der Waals surface area contributed by atoms with Gasteiger partial charge in [-0.05, 0) is 43.9 Å². The molecule has 8 heteroatoms. The quantitative estimate of drug-likeness (QED) is 0.831. The monoisotopic (exact) mass is 366 g/mol. The van der Waals surface area contributed by atoms with Crippen LogP contribution in [0.5, 0.6) is 0 Å². The molecule has 25 heavy (non-hydrogen) atoms. The minimum Gasteiger partial charge on any atom is -0.376 e. The molecule has 1 unspecified atom stereocenters. The van der Waals surface area contributed by atoms with Crippen molar-refractivity contribution in [2.24, 2.45) is 5.92 Å². The first kappa shape index (κ1) is 17.9. The number of rotatable bonds is 6. The van der Waals surface area contributed by atoms with E-state index in [1.807, 2.05) is 6.92 Å². The molecule has 1 heterocycles. The molecule has 3 rings (SSSR count). The number of aromatic amines is 1. The highest BCUT2D eigenvalue weighted by Crippen LogP contribution is 2.31. The van der Waals surface area contributed by atoms with Gasteiger partial charge < -0.3 is 9.72 Å². The fourth-order valence-corrected chi connectivity index (χ4v) is 3.82. The Kier molecular flexibility index (Phi) is 4.83. The molecular weight excluding hydrogens is 344 g/mol. The van der Waals surface area contributed by atoms with Crippen LogP contribution in [0, 0.1) is 5.92 Å². The van der Waals surface area contributed by atoms with E-state index in [4.69, 9.17) is 4.74 Å². The van der Waals surface area contributed by atoms with Crippen LogP contribution in [-0.2, 0) is 21.1 Å². The largest absolute Gasteiger partial charge is 0.376 e. The van der Waals surface area contributed by atoms with Gasteiger partial charge in [-0.2, -0.15) is 0 Å². The van der Waals surface area contributed by atoms with E-state index in [-0.39, 0.29) is 28.4 Å². The Bertz CT molecular complexity index is 1000. The summed E-state index contributed by atoms with van der Waals surface area (Å²) in [5.41, 5.74) is -0.749. The lowest BCUT2D eigenvalue weighted by Gasteiger charge is -2.33. The number of nitrogens with zero attached hydrogens (tertiary/aromatic N) is 1. The molecule has 1 aromatic carbocycles. The van der Waals surface area contributed by atoms with Crippen molar-refractivity contribution in [2.45, 2.75) is 43.7 Å². The molecule has 136 valence electrons. The molecule has 1 fully saturated rings. The van der Waals surface area contributed by atoms with Crippen molar-refractivity contribution < 1.29 is 13.2 Å². The first-order valence-corrected chi connectivity index (χ1v) is 10.3. The zero-order valence-corrected chi connectivity index (χ0v) is 15.1. The summed E-state index contributed by atoms with van der Waals surface area (Å²) in [6.45, 7) is 2.63. The van der Waals surface area contributed by atoms with Crippen molar-refractivity contribution in [3.05, 3.63) is 39.0 Å². The number of nitrogens with one attached hydrogen (secondary N) is 1. The van der Waals surface area contributed by atoms with Gasteiger partial charge in [0.05, 0.1) is 28.4 Å². The Morgan fingerprint density at radius 2 is 2.04 bits per heavy atom. The average Bonchev–Trinajstić information content (AvgIpc) is 2.48. The van der Waals surface area contributed by atoms with Crippen LogP contribution in [0.1, 0.15) is 26.2 Å². The van der Waals surface area contributed by atoms with E-state index in [2.05, 4.69) is 4.98 Å². The van der Waals surface area contributed by atoms with Crippen LogP contribution in [0.25, 0.3) is 10.9 Å². The molecule has 0 amide bonds. The number of fused-ring (bicyclic) bond motifs is 1. The van der Waals surface area contributed by atoms with E-state index in [0.29, 0.717) is 12.5 Å². The van der Waals surface area contributed by atoms with Gasteiger partial charge in [-0.25, -0.2) is 13.2 Å². The highest BCUT2D eigenvalue weighted by Gasteiger charge is 2.29. The molecule has 0 radical (unpaired) electrons. The SMILES string of the molecule is CCOC(Cn1c(=O)[nH]c2cc(S(C)(=O)=O)ccc2c1=O)C1CCC1. The number of hydrogen-bond donors (Lipinski definition) is 1. The van der Waals surface area contributed by atoms with Crippen molar-refractivity contribution in [3.63, 3.8) is 0 Å². The van der Waals surface area contributed by atoms with Gasteiger partial charge >= 0.3 is 5.69 Å². The summed E-state index contributed by atoms with van der Waals surface area (Å²) in [6, 6.07) is 4.15. The third kappa shape index (κ3) is 3.55. The Balaban J connectivity index is 2.04. The highest BCUT2D eigenvalue weighted by atomic mass is 32.2. The van der Waals surface area contributed by atoms with Crippen LogP contribution in [0.3, 0.4) is 0 Å². The van der Waals surface area contributed by atoms with Gasteiger partial charge in [0.1, 0.15) is 0 Å². The lowest BCUT2D eigenvalue weighted by molar-refractivity contribution is -0.0188. The van der Waals surface area contributed by atoms with Gasteiger partial charge in [0.2, 0.25) is 0 Å². The number of sulfone groups is 1. The predicted octanol–water partition coefficient (Wildman–Crippen LogP) is 1.30. The Morgan fingerprint density at radius 3 is 2.60 bits per heavy atom. The van der Waals surface area contributed by atoms with Crippen LogP contribution in [0.15, 0.2) is 32.7 Å². The molecule has 1 N–H and O–H groups in total. The van der Waals surface area contributed by atoms with Crippen LogP contribution in [-0.4, -0.2) is 36.9 Å². The van der Waals surface area contributed by atoms with Crippen LogP contribution in [0.2, 0.25) is 0 Å². The molecule has 1 aliphatic carbocycles. The number of aromatic nitrogens is 2. The van der Waals surface area contributed by atoms with Gasteiger partial charge in [0, 0.05) is 12.9 Å². The third-order valence-corrected chi connectivity index (χ3v) is 5.91. The lowest BCUT2D eigenvalue weighted by Crippen LogP contribution is -2.42. The maximum absolute atomic E-state index is 12.7. The standard InChI is InChI=1S/C17H22N2O5S/c1-3-24-15(11-5-4-6-11)10-19-16(20)13-8-7-12(25(2,22)23)9-14(13)18-17(19)21/h7-9,11,15H,3-6,10H2,1-2H3,(H,18,21). The van der Waals surface area contributed by atoms with Crippen LogP contribution < -0.4 is 11.2 Å². The molecule has 1 aliphatic rings. The number of benzene rings is 1. The number of hydrogen-bond acceptors (Lipinski definition) is 5. The summed E-state index contributed by atoms with van der Waals surface area (Å²) in [6.07, 6.45) is 4.15. The summed E-state index contributed by atoms with van der Waals surface area (Å²) < 4.78 is 30.2. The zero-order valence-electron chi connectivity index (χ0n) is 14.3. The van der Waals surface area contributed by atoms with Gasteiger partial charge in [0.25, 0.3) is 5.56 Å². The molecule has 2 aromatic rings. The minimum atomic E-state index is -3.41. The zero-order chi connectivity index (χ0) is 18.2.